The molecule has 23 heavy (non-hydrogen) atoms. The van der Waals surface area contributed by atoms with Crippen molar-refractivity contribution >= 4 is 33.4 Å². The summed E-state index contributed by atoms with van der Waals surface area (Å²) in [6.07, 6.45) is 2.74. The predicted molar refractivity (Wildman–Crippen MR) is 91.0 cm³/mol. The molecule has 0 saturated carbocycles. The van der Waals surface area contributed by atoms with Crippen molar-refractivity contribution in [3.63, 3.8) is 0 Å². The Hall–Kier alpha value is -1.09. The molecule has 0 radical (unpaired) electrons. The number of benzene rings is 1. The number of thioether (sulfide) groups is 1. The Morgan fingerprint density at radius 2 is 2.09 bits per heavy atom. The van der Waals surface area contributed by atoms with Crippen LogP contribution in [0.15, 0.2) is 28.0 Å². The van der Waals surface area contributed by atoms with Gasteiger partial charge in [0.15, 0.2) is 0 Å². The Kier molecular flexibility index (Phi) is 4.96. The lowest BCUT2D eigenvalue weighted by Gasteiger charge is -2.20. The summed E-state index contributed by atoms with van der Waals surface area (Å²) in [6.45, 7) is 0.940. The lowest BCUT2D eigenvalue weighted by atomic mass is 10.1. The number of carbonyl (C=O) groups excluding carboxylic acids is 1. The van der Waals surface area contributed by atoms with E-state index < -0.39 is 10.0 Å². The third-order valence-corrected chi connectivity index (χ3v) is 7.15. The van der Waals surface area contributed by atoms with Gasteiger partial charge in [0, 0.05) is 36.2 Å². The molecule has 1 unspecified atom stereocenters. The van der Waals surface area contributed by atoms with Gasteiger partial charge in [-0.15, -0.1) is 11.8 Å². The third-order valence-electron chi connectivity index (χ3n) is 4.18. The SMILES string of the molecule is NC1CCCN(S(=O)(=O)c2ccc3c(c2)NC(=O)CCS3)CC1. The van der Waals surface area contributed by atoms with Crippen LogP contribution < -0.4 is 11.1 Å². The normalized spacial score (nSPS) is 23.5. The average molecular weight is 355 g/mol. The number of rotatable bonds is 2. The quantitative estimate of drug-likeness (QED) is 0.841. The summed E-state index contributed by atoms with van der Waals surface area (Å²) in [5, 5.41) is 2.79. The average Bonchev–Trinajstić information content (AvgIpc) is 2.83. The smallest absolute Gasteiger partial charge is 0.243 e. The molecule has 0 bridgehead atoms. The van der Waals surface area contributed by atoms with Gasteiger partial charge in [-0.25, -0.2) is 8.42 Å². The van der Waals surface area contributed by atoms with Crippen LogP contribution in [0.5, 0.6) is 0 Å². The van der Waals surface area contributed by atoms with Crippen molar-refractivity contribution in [2.45, 2.75) is 41.5 Å². The number of sulfonamides is 1. The first-order valence-electron chi connectivity index (χ1n) is 7.79. The standard InChI is InChI=1S/C15H21N3O3S2/c16-11-2-1-7-18(8-5-11)23(20,21)12-3-4-14-13(10-12)17-15(19)6-9-22-14/h3-4,10-11H,1-2,5-9,16H2,(H,17,19). The summed E-state index contributed by atoms with van der Waals surface area (Å²) in [7, 11) is -3.55. The van der Waals surface area contributed by atoms with Gasteiger partial charge in [0.25, 0.3) is 0 Å². The molecule has 1 aromatic rings. The maximum absolute atomic E-state index is 12.9. The van der Waals surface area contributed by atoms with Crippen molar-refractivity contribution in [3.8, 4) is 0 Å². The van der Waals surface area contributed by atoms with Crippen LogP contribution in [0.3, 0.4) is 0 Å². The van der Waals surface area contributed by atoms with Crippen LogP contribution in [0.2, 0.25) is 0 Å². The Bertz CT molecular complexity index is 706. The molecule has 0 spiro atoms. The van der Waals surface area contributed by atoms with Gasteiger partial charge >= 0.3 is 0 Å². The van der Waals surface area contributed by atoms with E-state index in [4.69, 9.17) is 5.73 Å². The van der Waals surface area contributed by atoms with Crippen molar-refractivity contribution in [1.82, 2.24) is 4.31 Å². The molecule has 1 atom stereocenters. The highest BCUT2D eigenvalue weighted by molar-refractivity contribution is 7.99. The van der Waals surface area contributed by atoms with E-state index in [2.05, 4.69) is 5.32 Å². The molecule has 1 saturated heterocycles. The molecule has 1 amide bonds. The van der Waals surface area contributed by atoms with Crippen molar-refractivity contribution in [1.29, 1.82) is 0 Å². The van der Waals surface area contributed by atoms with E-state index in [1.165, 1.54) is 4.31 Å². The number of anilines is 1. The zero-order valence-corrected chi connectivity index (χ0v) is 14.5. The lowest BCUT2D eigenvalue weighted by Crippen LogP contribution is -2.33. The van der Waals surface area contributed by atoms with Crippen molar-refractivity contribution < 1.29 is 13.2 Å². The molecule has 2 aliphatic rings. The van der Waals surface area contributed by atoms with Crippen LogP contribution in [-0.2, 0) is 14.8 Å². The van der Waals surface area contributed by atoms with Crippen LogP contribution in [0, 0.1) is 0 Å². The molecule has 1 fully saturated rings. The Morgan fingerprint density at radius 1 is 1.26 bits per heavy atom. The van der Waals surface area contributed by atoms with E-state index in [-0.39, 0.29) is 16.8 Å². The van der Waals surface area contributed by atoms with Gasteiger partial charge in [-0.2, -0.15) is 4.31 Å². The summed E-state index contributed by atoms with van der Waals surface area (Å²) < 4.78 is 27.2. The molecule has 2 aliphatic heterocycles. The highest BCUT2D eigenvalue weighted by Crippen LogP contribution is 2.33. The van der Waals surface area contributed by atoms with Crippen LogP contribution in [0.1, 0.15) is 25.7 Å². The van der Waals surface area contributed by atoms with Crippen LogP contribution >= 0.6 is 11.8 Å². The molecule has 126 valence electrons. The van der Waals surface area contributed by atoms with Crippen molar-refractivity contribution in [3.05, 3.63) is 18.2 Å². The zero-order chi connectivity index (χ0) is 16.4. The Balaban J connectivity index is 1.89. The van der Waals surface area contributed by atoms with E-state index in [0.29, 0.717) is 37.4 Å². The van der Waals surface area contributed by atoms with Gasteiger partial charge in [0.05, 0.1) is 10.6 Å². The van der Waals surface area contributed by atoms with Gasteiger partial charge in [-0.05, 0) is 37.5 Å². The second-order valence-corrected chi connectivity index (χ2v) is 8.97. The summed E-state index contributed by atoms with van der Waals surface area (Å²) in [5.41, 5.74) is 6.52. The maximum atomic E-state index is 12.9. The molecule has 3 N–H and O–H groups in total. The molecule has 2 heterocycles. The first-order chi connectivity index (χ1) is 11.0. The monoisotopic (exact) mass is 355 g/mol. The second-order valence-electron chi connectivity index (χ2n) is 5.90. The summed E-state index contributed by atoms with van der Waals surface area (Å²) in [6, 6.07) is 5.05. The molecule has 0 aliphatic carbocycles. The summed E-state index contributed by atoms with van der Waals surface area (Å²) >= 11 is 1.56. The molecule has 3 rings (SSSR count). The number of nitrogens with two attached hydrogens (primary N) is 1. The molecular formula is C15H21N3O3S2. The largest absolute Gasteiger partial charge is 0.328 e. The van der Waals surface area contributed by atoms with E-state index in [1.807, 2.05) is 0 Å². The van der Waals surface area contributed by atoms with Gasteiger partial charge < -0.3 is 11.1 Å². The van der Waals surface area contributed by atoms with Crippen molar-refractivity contribution in [2.24, 2.45) is 5.73 Å². The Morgan fingerprint density at radius 3 is 2.91 bits per heavy atom. The fraction of sp³-hybridized carbons (Fsp3) is 0.533. The Labute approximate surface area is 140 Å². The zero-order valence-electron chi connectivity index (χ0n) is 12.8. The highest BCUT2D eigenvalue weighted by Gasteiger charge is 2.28. The number of amides is 1. The van der Waals surface area contributed by atoms with E-state index in [0.717, 1.165) is 17.7 Å². The van der Waals surface area contributed by atoms with Crippen LogP contribution in [0.25, 0.3) is 0 Å². The fourth-order valence-corrected chi connectivity index (χ4v) is 5.30. The van der Waals surface area contributed by atoms with Gasteiger partial charge in [0.2, 0.25) is 15.9 Å². The number of hydrogen-bond acceptors (Lipinski definition) is 5. The minimum absolute atomic E-state index is 0.0675. The van der Waals surface area contributed by atoms with Crippen molar-refractivity contribution in [2.75, 3.05) is 24.2 Å². The number of carbonyl (C=O) groups is 1. The molecule has 0 aromatic heterocycles. The van der Waals surface area contributed by atoms with Crippen LogP contribution in [-0.4, -0.2) is 43.5 Å². The number of fused-ring (bicyclic) bond motifs is 1. The van der Waals surface area contributed by atoms with E-state index in [9.17, 15) is 13.2 Å². The number of nitrogens with one attached hydrogen (secondary N) is 1. The second kappa shape index (κ2) is 6.80. The molecular weight excluding hydrogens is 334 g/mol. The van der Waals surface area contributed by atoms with Gasteiger partial charge in [-0.3, -0.25) is 4.79 Å². The predicted octanol–water partition coefficient (Wildman–Crippen LogP) is 1.62. The number of nitrogens with zero attached hydrogens (tertiary/aromatic N) is 1. The highest BCUT2D eigenvalue weighted by atomic mass is 32.2. The lowest BCUT2D eigenvalue weighted by molar-refractivity contribution is -0.115. The fourth-order valence-electron chi connectivity index (χ4n) is 2.84. The number of hydrogen-bond donors (Lipinski definition) is 2. The topological polar surface area (TPSA) is 92.5 Å². The van der Waals surface area contributed by atoms with Crippen LogP contribution in [0.4, 0.5) is 5.69 Å². The molecule has 8 heteroatoms. The van der Waals surface area contributed by atoms with E-state index >= 15 is 0 Å². The first kappa shape index (κ1) is 16.8. The van der Waals surface area contributed by atoms with E-state index in [1.54, 1.807) is 30.0 Å². The minimum atomic E-state index is -3.55. The summed E-state index contributed by atoms with van der Waals surface area (Å²) in [4.78, 5) is 12.8. The minimum Gasteiger partial charge on any atom is -0.328 e. The molecule has 6 nitrogen and oxygen atoms in total. The third kappa shape index (κ3) is 3.71. The first-order valence-corrected chi connectivity index (χ1v) is 10.2. The van der Waals surface area contributed by atoms with Gasteiger partial charge in [0.1, 0.15) is 0 Å². The maximum Gasteiger partial charge on any atom is 0.243 e. The molecule has 1 aromatic carbocycles. The summed E-state index contributed by atoms with van der Waals surface area (Å²) in [5.74, 6) is 0.626. The van der Waals surface area contributed by atoms with Gasteiger partial charge in [-0.1, -0.05) is 0 Å².